The van der Waals surface area contributed by atoms with Gasteiger partial charge in [-0.15, -0.1) is 0 Å². The molecule has 0 fully saturated rings. The lowest BCUT2D eigenvalue weighted by molar-refractivity contribution is 0.446. The summed E-state index contributed by atoms with van der Waals surface area (Å²) in [6, 6.07) is 1.32. The van der Waals surface area contributed by atoms with Crippen molar-refractivity contribution in [2.45, 2.75) is 6.92 Å². The third-order valence-corrected chi connectivity index (χ3v) is 1.57. The van der Waals surface area contributed by atoms with Gasteiger partial charge in [0.25, 0.3) is 0 Å². The average Bonchev–Trinajstić information content (AvgIpc) is 1.97. The first kappa shape index (κ1) is 7.53. The molecule has 0 aliphatic heterocycles. The Bertz CT molecular complexity index is 271. The molecule has 0 amide bonds. The van der Waals surface area contributed by atoms with Crippen molar-refractivity contribution >= 4 is 11.4 Å². The van der Waals surface area contributed by atoms with Crippen molar-refractivity contribution in [3.8, 4) is 11.5 Å². The molecule has 0 aliphatic rings. The van der Waals surface area contributed by atoms with Gasteiger partial charge in [-0.2, -0.15) is 0 Å². The Morgan fingerprint density at radius 3 is 1.82 bits per heavy atom. The average molecular weight is 154 g/mol. The van der Waals surface area contributed by atoms with Gasteiger partial charge in [-0.05, 0) is 13.0 Å². The van der Waals surface area contributed by atoms with E-state index in [1.807, 2.05) is 0 Å². The fourth-order valence-corrected chi connectivity index (χ4v) is 0.849. The van der Waals surface area contributed by atoms with Crippen LogP contribution in [-0.4, -0.2) is 10.2 Å². The van der Waals surface area contributed by atoms with Crippen LogP contribution in [0.15, 0.2) is 6.07 Å². The minimum absolute atomic E-state index is 0.114. The second-order valence-corrected chi connectivity index (χ2v) is 2.38. The van der Waals surface area contributed by atoms with E-state index in [-0.39, 0.29) is 22.9 Å². The normalized spacial score (nSPS) is 9.91. The molecule has 0 radical (unpaired) electrons. The second kappa shape index (κ2) is 2.23. The summed E-state index contributed by atoms with van der Waals surface area (Å²) in [6.45, 7) is 1.54. The standard InChI is InChI=1S/C7H10N2O2/c1-3-6(10)4(8)2-5(9)7(3)11/h2,10-11H,8-9H2,1H3. The van der Waals surface area contributed by atoms with Gasteiger partial charge in [0.1, 0.15) is 11.5 Å². The third-order valence-electron chi connectivity index (χ3n) is 1.57. The molecule has 11 heavy (non-hydrogen) atoms. The minimum Gasteiger partial charge on any atom is -0.505 e. The van der Waals surface area contributed by atoms with Gasteiger partial charge in [0.15, 0.2) is 0 Å². The van der Waals surface area contributed by atoms with E-state index in [2.05, 4.69) is 0 Å². The Labute approximate surface area is 64.1 Å². The topological polar surface area (TPSA) is 92.5 Å². The number of phenolic OH excluding ortho intramolecular Hbond substituents is 2. The van der Waals surface area contributed by atoms with Crippen LogP contribution in [0.3, 0.4) is 0 Å². The van der Waals surface area contributed by atoms with Crippen LogP contribution in [0.1, 0.15) is 5.56 Å². The predicted octanol–water partition coefficient (Wildman–Crippen LogP) is 0.571. The molecule has 0 bridgehead atoms. The summed E-state index contributed by atoms with van der Waals surface area (Å²) in [5.41, 5.74) is 11.4. The largest absolute Gasteiger partial charge is 0.505 e. The van der Waals surface area contributed by atoms with Gasteiger partial charge in [-0.1, -0.05) is 0 Å². The van der Waals surface area contributed by atoms with Crippen molar-refractivity contribution in [1.29, 1.82) is 0 Å². The summed E-state index contributed by atoms with van der Waals surface area (Å²) in [4.78, 5) is 0. The zero-order valence-corrected chi connectivity index (χ0v) is 6.13. The van der Waals surface area contributed by atoms with Crippen LogP contribution in [0.5, 0.6) is 11.5 Å². The summed E-state index contributed by atoms with van der Waals surface area (Å²) in [5.74, 6) is -0.228. The number of rotatable bonds is 0. The molecule has 0 aromatic heterocycles. The highest BCUT2D eigenvalue weighted by molar-refractivity contribution is 5.70. The van der Waals surface area contributed by atoms with Gasteiger partial charge < -0.3 is 21.7 Å². The quantitative estimate of drug-likeness (QED) is 0.250. The highest BCUT2D eigenvalue weighted by Gasteiger charge is 2.08. The number of nitrogens with two attached hydrogens (primary N) is 2. The minimum atomic E-state index is -0.114. The van der Waals surface area contributed by atoms with Crippen molar-refractivity contribution in [3.05, 3.63) is 11.6 Å². The van der Waals surface area contributed by atoms with Crippen LogP contribution in [0.2, 0.25) is 0 Å². The summed E-state index contributed by atoms with van der Waals surface area (Å²) in [6.07, 6.45) is 0. The Kier molecular flexibility index (Phi) is 1.53. The number of anilines is 2. The molecule has 4 nitrogen and oxygen atoms in total. The molecule has 1 aromatic carbocycles. The van der Waals surface area contributed by atoms with Crippen molar-refractivity contribution in [3.63, 3.8) is 0 Å². The van der Waals surface area contributed by atoms with E-state index in [1.165, 1.54) is 13.0 Å². The lowest BCUT2D eigenvalue weighted by Crippen LogP contribution is -1.93. The highest BCUT2D eigenvalue weighted by Crippen LogP contribution is 2.36. The van der Waals surface area contributed by atoms with Gasteiger partial charge in [0.2, 0.25) is 0 Å². The van der Waals surface area contributed by atoms with E-state index in [0.29, 0.717) is 5.56 Å². The molecular formula is C7H10N2O2. The highest BCUT2D eigenvalue weighted by atomic mass is 16.3. The number of hydrogen-bond acceptors (Lipinski definition) is 4. The predicted molar refractivity (Wildman–Crippen MR) is 43.3 cm³/mol. The summed E-state index contributed by atoms with van der Waals surface area (Å²) >= 11 is 0. The molecule has 1 aromatic rings. The first-order valence-electron chi connectivity index (χ1n) is 3.10. The van der Waals surface area contributed by atoms with Crippen LogP contribution < -0.4 is 11.5 Å². The van der Waals surface area contributed by atoms with Gasteiger partial charge >= 0.3 is 0 Å². The summed E-state index contributed by atoms with van der Waals surface area (Å²) in [5, 5.41) is 18.3. The van der Waals surface area contributed by atoms with Crippen molar-refractivity contribution in [2.75, 3.05) is 11.5 Å². The zero-order chi connectivity index (χ0) is 8.59. The maximum absolute atomic E-state index is 9.17. The zero-order valence-electron chi connectivity index (χ0n) is 6.13. The molecule has 0 atom stereocenters. The molecule has 0 saturated heterocycles. The Hall–Kier alpha value is -1.58. The van der Waals surface area contributed by atoms with E-state index in [4.69, 9.17) is 11.5 Å². The number of phenols is 2. The molecule has 0 heterocycles. The first-order chi connectivity index (χ1) is 5.04. The van der Waals surface area contributed by atoms with Crippen LogP contribution in [0.4, 0.5) is 11.4 Å². The van der Waals surface area contributed by atoms with Crippen molar-refractivity contribution < 1.29 is 10.2 Å². The van der Waals surface area contributed by atoms with Gasteiger partial charge in [-0.3, -0.25) is 0 Å². The van der Waals surface area contributed by atoms with Gasteiger partial charge in [0, 0.05) is 5.56 Å². The number of hydrogen-bond donors (Lipinski definition) is 4. The van der Waals surface area contributed by atoms with E-state index in [1.54, 1.807) is 0 Å². The fraction of sp³-hybridized carbons (Fsp3) is 0.143. The summed E-state index contributed by atoms with van der Waals surface area (Å²) < 4.78 is 0. The number of nitrogen functional groups attached to an aromatic ring is 2. The first-order valence-corrected chi connectivity index (χ1v) is 3.10. The summed E-state index contributed by atoms with van der Waals surface area (Å²) in [7, 11) is 0. The van der Waals surface area contributed by atoms with Crippen molar-refractivity contribution in [2.24, 2.45) is 0 Å². The van der Waals surface area contributed by atoms with Crippen LogP contribution in [0, 0.1) is 6.92 Å². The Morgan fingerprint density at radius 2 is 1.45 bits per heavy atom. The van der Waals surface area contributed by atoms with E-state index < -0.39 is 0 Å². The lowest BCUT2D eigenvalue weighted by atomic mass is 10.1. The molecule has 60 valence electrons. The molecule has 0 saturated carbocycles. The molecule has 6 N–H and O–H groups in total. The fourth-order valence-electron chi connectivity index (χ4n) is 0.849. The second-order valence-electron chi connectivity index (χ2n) is 2.38. The van der Waals surface area contributed by atoms with Gasteiger partial charge in [0.05, 0.1) is 11.4 Å². The Morgan fingerprint density at radius 1 is 1.09 bits per heavy atom. The molecule has 4 heteroatoms. The molecule has 0 aliphatic carbocycles. The number of benzene rings is 1. The van der Waals surface area contributed by atoms with E-state index in [0.717, 1.165) is 0 Å². The van der Waals surface area contributed by atoms with E-state index in [9.17, 15) is 10.2 Å². The lowest BCUT2D eigenvalue weighted by Gasteiger charge is -2.07. The van der Waals surface area contributed by atoms with Crippen LogP contribution in [-0.2, 0) is 0 Å². The molecule has 0 unspecified atom stereocenters. The smallest absolute Gasteiger partial charge is 0.145 e. The third kappa shape index (κ3) is 1.02. The van der Waals surface area contributed by atoms with Crippen LogP contribution >= 0.6 is 0 Å². The SMILES string of the molecule is Cc1c(O)c(N)cc(N)c1O. The van der Waals surface area contributed by atoms with E-state index >= 15 is 0 Å². The Balaban J connectivity index is 3.46. The molecule has 1 rings (SSSR count). The monoisotopic (exact) mass is 154 g/mol. The van der Waals surface area contributed by atoms with Crippen LogP contribution in [0.25, 0.3) is 0 Å². The van der Waals surface area contributed by atoms with Crippen molar-refractivity contribution in [1.82, 2.24) is 0 Å². The maximum Gasteiger partial charge on any atom is 0.145 e. The maximum atomic E-state index is 9.17. The molecule has 0 spiro atoms. The number of aromatic hydroxyl groups is 2. The molecular weight excluding hydrogens is 144 g/mol. The van der Waals surface area contributed by atoms with Gasteiger partial charge in [-0.25, -0.2) is 0 Å².